The summed E-state index contributed by atoms with van der Waals surface area (Å²) >= 11 is 0. The lowest BCUT2D eigenvalue weighted by Crippen LogP contribution is -2.21. The summed E-state index contributed by atoms with van der Waals surface area (Å²) in [6, 6.07) is 5.96. The van der Waals surface area contributed by atoms with Crippen LogP contribution in [0.4, 0.5) is 11.5 Å². The summed E-state index contributed by atoms with van der Waals surface area (Å²) in [5, 5.41) is 8.28. The van der Waals surface area contributed by atoms with Gasteiger partial charge in [-0.15, -0.1) is 0 Å². The van der Waals surface area contributed by atoms with Gasteiger partial charge in [0.05, 0.1) is 11.6 Å². The van der Waals surface area contributed by atoms with Gasteiger partial charge in [-0.25, -0.2) is 14.6 Å². The second-order valence-electron chi connectivity index (χ2n) is 6.75. The van der Waals surface area contributed by atoms with Crippen molar-refractivity contribution in [3.63, 3.8) is 0 Å². The summed E-state index contributed by atoms with van der Waals surface area (Å²) in [5.41, 5.74) is 3.64. The number of para-hydroxylation sites is 1. The van der Waals surface area contributed by atoms with E-state index in [1.54, 1.807) is 17.2 Å². The maximum Gasteiger partial charge on any atom is 0.246 e. The van der Waals surface area contributed by atoms with Crippen LogP contribution < -0.4 is 10.2 Å². The molecule has 3 aromatic rings. The van der Waals surface area contributed by atoms with Crippen LogP contribution in [0.3, 0.4) is 0 Å². The Kier molecular flexibility index (Phi) is 4.28. The van der Waals surface area contributed by atoms with Gasteiger partial charge >= 0.3 is 0 Å². The van der Waals surface area contributed by atoms with Gasteiger partial charge in [0.2, 0.25) is 5.91 Å². The van der Waals surface area contributed by atoms with E-state index in [-0.39, 0.29) is 12.5 Å². The van der Waals surface area contributed by atoms with Crippen molar-refractivity contribution in [3.05, 3.63) is 41.9 Å². The normalized spacial score (nSPS) is 14.2. The van der Waals surface area contributed by atoms with Gasteiger partial charge in [-0.1, -0.05) is 18.2 Å². The Morgan fingerprint density at radius 1 is 1.15 bits per heavy atom. The van der Waals surface area contributed by atoms with Crippen LogP contribution in [0.2, 0.25) is 0 Å². The molecule has 7 nitrogen and oxygen atoms in total. The van der Waals surface area contributed by atoms with Crippen LogP contribution in [-0.4, -0.2) is 38.7 Å². The van der Waals surface area contributed by atoms with Crippen molar-refractivity contribution in [2.24, 2.45) is 0 Å². The quantitative estimate of drug-likeness (QED) is 0.783. The molecular weight excluding hydrogens is 328 g/mol. The van der Waals surface area contributed by atoms with E-state index in [4.69, 9.17) is 0 Å². The molecule has 1 aliphatic rings. The molecule has 1 saturated heterocycles. The molecule has 0 unspecified atom stereocenters. The molecule has 2 aromatic heterocycles. The number of nitrogens with zero attached hydrogens (tertiary/aromatic N) is 5. The van der Waals surface area contributed by atoms with Gasteiger partial charge in [-0.3, -0.25) is 4.79 Å². The van der Waals surface area contributed by atoms with Crippen LogP contribution in [0.25, 0.3) is 11.0 Å². The first-order chi connectivity index (χ1) is 12.6. The van der Waals surface area contributed by atoms with E-state index >= 15 is 0 Å². The van der Waals surface area contributed by atoms with Gasteiger partial charge in [-0.2, -0.15) is 5.10 Å². The second-order valence-corrected chi connectivity index (χ2v) is 6.75. The molecule has 26 heavy (non-hydrogen) atoms. The molecule has 1 amide bonds. The number of carbonyl (C=O) groups is 1. The van der Waals surface area contributed by atoms with Gasteiger partial charge in [0.1, 0.15) is 18.7 Å². The molecule has 134 valence electrons. The van der Waals surface area contributed by atoms with Crippen LogP contribution in [0, 0.1) is 13.8 Å². The maximum absolute atomic E-state index is 12.5. The molecule has 0 saturated carbocycles. The fraction of sp³-hybridized carbons (Fsp3) is 0.368. The summed E-state index contributed by atoms with van der Waals surface area (Å²) in [4.78, 5) is 23.6. The van der Waals surface area contributed by atoms with E-state index < -0.39 is 0 Å². The van der Waals surface area contributed by atoms with E-state index in [1.165, 1.54) is 12.8 Å². The molecule has 1 aliphatic heterocycles. The molecule has 3 heterocycles. The van der Waals surface area contributed by atoms with E-state index in [9.17, 15) is 4.79 Å². The van der Waals surface area contributed by atoms with Crippen LogP contribution in [0.5, 0.6) is 0 Å². The van der Waals surface area contributed by atoms with Crippen molar-refractivity contribution in [3.8, 4) is 0 Å². The highest BCUT2D eigenvalue weighted by Crippen LogP contribution is 2.26. The van der Waals surface area contributed by atoms with Crippen molar-refractivity contribution < 1.29 is 4.79 Å². The highest BCUT2D eigenvalue weighted by molar-refractivity contribution is 5.93. The van der Waals surface area contributed by atoms with E-state index in [0.717, 1.165) is 41.1 Å². The number of nitrogens with one attached hydrogen (secondary N) is 1. The number of amides is 1. The number of benzene rings is 1. The van der Waals surface area contributed by atoms with Crippen LogP contribution in [0.1, 0.15) is 24.0 Å². The zero-order chi connectivity index (χ0) is 18.1. The van der Waals surface area contributed by atoms with Crippen molar-refractivity contribution in [2.45, 2.75) is 33.2 Å². The predicted octanol–water partition coefficient (Wildman–Crippen LogP) is 2.68. The highest BCUT2D eigenvalue weighted by Gasteiger charge is 2.19. The number of anilines is 2. The average molecular weight is 350 g/mol. The van der Waals surface area contributed by atoms with Gasteiger partial charge in [0.15, 0.2) is 5.65 Å². The first-order valence-electron chi connectivity index (χ1n) is 8.91. The fourth-order valence-electron chi connectivity index (χ4n) is 3.50. The highest BCUT2D eigenvalue weighted by atomic mass is 16.2. The fourth-order valence-corrected chi connectivity index (χ4v) is 3.50. The number of fused-ring (bicyclic) bond motifs is 1. The number of hydrogen-bond acceptors (Lipinski definition) is 5. The Morgan fingerprint density at radius 3 is 2.62 bits per heavy atom. The predicted molar refractivity (Wildman–Crippen MR) is 101 cm³/mol. The molecular formula is C19H22N6O. The molecule has 1 N–H and O–H groups in total. The number of hydrogen-bond donors (Lipinski definition) is 1. The molecule has 1 fully saturated rings. The molecule has 0 radical (unpaired) electrons. The molecule has 0 aliphatic carbocycles. The summed E-state index contributed by atoms with van der Waals surface area (Å²) in [7, 11) is 0. The number of aryl methyl sites for hydroxylation is 2. The van der Waals surface area contributed by atoms with Gasteiger partial charge in [-0.05, 0) is 37.8 Å². The lowest BCUT2D eigenvalue weighted by Gasteiger charge is -2.16. The Morgan fingerprint density at radius 2 is 1.88 bits per heavy atom. The minimum Gasteiger partial charge on any atom is -0.356 e. The smallest absolute Gasteiger partial charge is 0.246 e. The van der Waals surface area contributed by atoms with Crippen LogP contribution in [0.15, 0.2) is 30.7 Å². The lowest BCUT2D eigenvalue weighted by molar-refractivity contribution is -0.116. The van der Waals surface area contributed by atoms with Crippen molar-refractivity contribution in [2.75, 3.05) is 23.3 Å². The molecule has 0 spiro atoms. The van der Waals surface area contributed by atoms with Gasteiger partial charge < -0.3 is 10.2 Å². The molecule has 1 aromatic carbocycles. The Hall–Kier alpha value is -2.96. The number of carbonyl (C=O) groups excluding carboxylic acids is 1. The van der Waals surface area contributed by atoms with Gasteiger partial charge in [0.25, 0.3) is 0 Å². The van der Waals surface area contributed by atoms with Crippen molar-refractivity contribution in [1.29, 1.82) is 0 Å². The monoisotopic (exact) mass is 350 g/mol. The largest absolute Gasteiger partial charge is 0.356 e. The summed E-state index contributed by atoms with van der Waals surface area (Å²) in [6.45, 7) is 6.10. The van der Waals surface area contributed by atoms with Crippen molar-refractivity contribution in [1.82, 2.24) is 19.7 Å². The molecule has 4 rings (SSSR count). The van der Waals surface area contributed by atoms with E-state index in [1.807, 2.05) is 32.0 Å². The zero-order valence-electron chi connectivity index (χ0n) is 15.1. The summed E-state index contributed by atoms with van der Waals surface area (Å²) in [6.07, 6.45) is 5.67. The first-order valence-corrected chi connectivity index (χ1v) is 8.91. The van der Waals surface area contributed by atoms with Crippen molar-refractivity contribution >= 4 is 28.4 Å². The average Bonchev–Trinajstić information content (AvgIpc) is 3.28. The Balaban J connectivity index is 1.58. The Labute approximate surface area is 152 Å². The molecule has 0 atom stereocenters. The van der Waals surface area contributed by atoms with E-state index in [0.29, 0.717) is 5.65 Å². The van der Waals surface area contributed by atoms with Crippen LogP contribution >= 0.6 is 0 Å². The van der Waals surface area contributed by atoms with Gasteiger partial charge in [0, 0.05) is 18.8 Å². The third-order valence-electron chi connectivity index (χ3n) is 4.86. The molecule has 7 heteroatoms. The zero-order valence-corrected chi connectivity index (χ0v) is 15.1. The lowest BCUT2D eigenvalue weighted by atomic mass is 10.1. The first kappa shape index (κ1) is 16.5. The standard InChI is InChI=1S/C19H22N6O/c1-13-6-5-7-14(2)17(13)23-16(26)11-25-19-15(10-22-25)18(20-12-21-19)24-8-3-4-9-24/h5-7,10,12H,3-4,8-9,11H2,1-2H3,(H,23,26). The minimum atomic E-state index is -0.117. The maximum atomic E-state index is 12.5. The summed E-state index contributed by atoms with van der Waals surface area (Å²) in [5.74, 6) is 0.794. The Bertz CT molecular complexity index is 938. The topological polar surface area (TPSA) is 75.9 Å². The second kappa shape index (κ2) is 6.74. The summed E-state index contributed by atoms with van der Waals surface area (Å²) < 4.78 is 1.64. The van der Waals surface area contributed by atoms with E-state index in [2.05, 4.69) is 25.3 Å². The third kappa shape index (κ3) is 3.00. The van der Waals surface area contributed by atoms with Crippen LogP contribution in [-0.2, 0) is 11.3 Å². The minimum absolute atomic E-state index is 0.117. The molecule has 0 bridgehead atoms. The third-order valence-corrected chi connectivity index (χ3v) is 4.86. The SMILES string of the molecule is Cc1cccc(C)c1NC(=O)Cn1ncc2c(N3CCCC3)ncnc21. The number of rotatable bonds is 4. The number of aromatic nitrogens is 4.